The zero-order valence-electron chi connectivity index (χ0n) is 16.1. The Morgan fingerprint density at radius 1 is 1.31 bits per heavy atom. The molecule has 2 heterocycles. The van der Waals surface area contributed by atoms with Gasteiger partial charge in [0.2, 0.25) is 0 Å². The lowest BCUT2D eigenvalue weighted by molar-refractivity contribution is -0.140. The van der Waals surface area contributed by atoms with Gasteiger partial charge < -0.3 is 19.6 Å². The Bertz CT molecular complexity index is 973. The van der Waals surface area contributed by atoms with Crippen molar-refractivity contribution in [2.45, 2.75) is 6.04 Å². The average Bonchev–Trinajstić information content (AvgIpc) is 3.26. The number of aliphatic hydroxyl groups is 1. The minimum atomic E-state index is -0.752. The van der Waals surface area contributed by atoms with Crippen molar-refractivity contribution in [3.8, 4) is 5.75 Å². The van der Waals surface area contributed by atoms with Crippen LogP contribution in [0.2, 0.25) is 10.0 Å². The van der Waals surface area contributed by atoms with E-state index in [9.17, 15) is 14.7 Å². The summed E-state index contributed by atoms with van der Waals surface area (Å²) in [4.78, 5) is 29.9. The molecule has 1 aromatic heterocycles. The van der Waals surface area contributed by atoms with Crippen molar-refractivity contribution in [2.75, 3.05) is 34.3 Å². The Hall–Kier alpha value is -2.06. The van der Waals surface area contributed by atoms with E-state index in [0.29, 0.717) is 13.1 Å². The molecule has 6 nitrogen and oxygen atoms in total. The summed E-state index contributed by atoms with van der Waals surface area (Å²) in [6.07, 6.45) is 0. The van der Waals surface area contributed by atoms with Gasteiger partial charge in [0, 0.05) is 23.0 Å². The van der Waals surface area contributed by atoms with Gasteiger partial charge in [-0.05, 0) is 37.7 Å². The molecule has 0 spiro atoms. The highest BCUT2D eigenvalue weighted by Gasteiger charge is 2.46. The minimum Gasteiger partial charge on any atom is -0.507 e. The third-order valence-corrected chi connectivity index (χ3v) is 6.03. The SMILES string of the molecule is COc1c(Cl)cc(Cl)cc1/C(O)=C1/C(=O)C(=O)N(CCN(C)C)C1c1cccs1. The van der Waals surface area contributed by atoms with E-state index in [1.807, 2.05) is 36.5 Å². The molecule has 9 heteroatoms. The lowest BCUT2D eigenvalue weighted by Gasteiger charge is -2.25. The van der Waals surface area contributed by atoms with Gasteiger partial charge in [0.1, 0.15) is 11.5 Å². The summed E-state index contributed by atoms with van der Waals surface area (Å²) in [6.45, 7) is 0.908. The summed E-state index contributed by atoms with van der Waals surface area (Å²) >= 11 is 13.7. The fourth-order valence-corrected chi connectivity index (χ4v) is 4.67. The molecular weight excluding hydrogens is 435 g/mol. The molecule has 3 rings (SSSR count). The molecule has 1 aliphatic rings. The first kappa shape index (κ1) is 21.6. The van der Waals surface area contributed by atoms with E-state index in [-0.39, 0.29) is 32.7 Å². The van der Waals surface area contributed by atoms with Crippen LogP contribution >= 0.6 is 34.5 Å². The Labute approximate surface area is 182 Å². The van der Waals surface area contributed by atoms with Crippen molar-refractivity contribution < 1.29 is 19.4 Å². The number of thiophene rings is 1. The molecule has 0 aliphatic carbocycles. The number of rotatable bonds is 6. The first-order valence-electron chi connectivity index (χ1n) is 8.76. The monoisotopic (exact) mass is 454 g/mol. The van der Waals surface area contributed by atoms with Gasteiger partial charge in [-0.25, -0.2) is 0 Å². The molecule has 0 radical (unpaired) electrons. The van der Waals surface area contributed by atoms with Crippen LogP contribution in [0.5, 0.6) is 5.75 Å². The van der Waals surface area contributed by atoms with Crippen LogP contribution in [0.4, 0.5) is 0 Å². The third-order valence-electron chi connectivity index (χ3n) is 4.61. The predicted octanol–water partition coefficient (Wildman–Crippen LogP) is 4.05. The summed E-state index contributed by atoms with van der Waals surface area (Å²) in [5.74, 6) is -1.59. The summed E-state index contributed by atoms with van der Waals surface area (Å²) in [6, 6.07) is 5.91. The molecule has 1 fully saturated rings. The summed E-state index contributed by atoms with van der Waals surface area (Å²) in [5.41, 5.74) is 0.157. The Balaban J connectivity index is 2.20. The van der Waals surface area contributed by atoms with Crippen LogP contribution in [-0.4, -0.2) is 60.9 Å². The van der Waals surface area contributed by atoms with Gasteiger partial charge in [-0.3, -0.25) is 9.59 Å². The number of hydrogen-bond acceptors (Lipinski definition) is 6. The molecule has 1 aromatic carbocycles. The molecule has 2 aromatic rings. The van der Waals surface area contributed by atoms with Crippen LogP contribution in [0.1, 0.15) is 16.5 Å². The van der Waals surface area contributed by atoms with Crippen LogP contribution in [0.25, 0.3) is 5.76 Å². The fourth-order valence-electron chi connectivity index (χ4n) is 3.25. The van der Waals surface area contributed by atoms with Crippen molar-refractivity contribution in [2.24, 2.45) is 0 Å². The number of carbonyl (C=O) groups is 2. The molecule has 1 atom stereocenters. The van der Waals surface area contributed by atoms with E-state index in [1.54, 1.807) is 0 Å². The molecule has 154 valence electrons. The number of likely N-dealkylation sites (N-methyl/N-ethyl adjacent to an activating group) is 1. The Kier molecular flexibility index (Phi) is 6.53. The maximum Gasteiger partial charge on any atom is 0.295 e. The molecule has 1 saturated heterocycles. The zero-order valence-corrected chi connectivity index (χ0v) is 18.4. The van der Waals surface area contributed by atoms with E-state index in [0.717, 1.165) is 4.88 Å². The minimum absolute atomic E-state index is 0.00663. The van der Waals surface area contributed by atoms with Crippen LogP contribution in [0.15, 0.2) is 35.2 Å². The van der Waals surface area contributed by atoms with Crippen molar-refractivity contribution in [3.63, 3.8) is 0 Å². The van der Waals surface area contributed by atoms with Gasteiger partial charge in [0.15, 0.2) is 0 Å². The Morgan fingerprint density at radius 2 is 2.03 bits per heavy atom. The summed E-state index contributed by atoms with van der Waals surface area (Å²) in [5, 5.41) is 13.4. The number of carbonyl (C=O) groups excluding carboxylic acids is 2. The lowest BCUT2D eigenvalue weighted by atomic mass is 9.99. The molecule has 0 bridgehead atoms. The van der Waals surface area contributed by atoms with E-state index in [2.05, 4.69) is 0 Å². The number of benzene rings is 1. The second-order valence-electron chi connectivity index (χ2n) is 6.78. The highest BCUT2D eigenvalue weighted by molar-refractivity contribution is 7.10. The van der Waals surface area contributed by atoms with Crippen molar-refractivity contribution in [1.29, 1.82) is 0 Å². The summed E-state index contributed by atoms with van der Waals surface area (Å²) in [7, 11) is 5.17. The number of Topliss-reactive ketones (excluding diaryl/α,β-unsaturated/α-hetero) is 1. The van der Waals surface area contributed by atoms with Crippen LogP contribution in [-0.2, 0) is 9.59 Å². The quantitative estimate of drug-likeness (QED) is 0.405. The number of hydrogen-bond donors (Lipinski definition) is 1. The van der Waals surface area contributed by atoms with Gasteiger partial charge in [0.05, 0.1) is 29.3 Å². The van der Waals surface area contributed by atoms with Gasteiger partial charge >= 0.3 is 0 Å². The smallest absolute Gasteiger partial charge is 0.295 e. The number of aliphatic hydroxyl groups excluding tert-OH is 1. The summed E-state index contributed by atoms with van der Waals surface area (Å²) < 4.78 is 5.31. The van der Waals surface area contributed by atoms with E-state index >= 15 is 0 Å². The third kappa shape index (κ3) is 4.14. The molecule has 0 saturated carbocycles. The normalized spacial score (nSPS) is 18.7. The van der Waals surface area contributed by atoms with Gasteiger partial charge in [-0.2, -0.15) is 0 Å². The molecule has 29 heavy (non-hydrogen) atoms. The lowest BCUT2D eigenvalue weighted by Crippen LogP contribution is -2.35. The maximum absolute atomic E-state index is 12.9. The predicted molar refractivity (Wildman–Crippen MR) is 115 cm³/mol. The van der Waals surface area contributed by atoms with Crippen LogP contribution < -0.4 is 4.74 Å². The van der Waals surface area contributed by atoms with Crippen molar-refractivity contribution >= 4 is 52.0 Å². The molecule has 1 aliphatic heterocycles. The maximum atomic E-state index is 12.9. The van der Waals surface area contributed by atoms with E-state index in [4.69, 9.17) is 27.9 Å². The number of methoxy groups -OCH3 is 1. The second kappa shape index (κ2) is 8.75. The van der Waals surface area contributed by atoms with Crippen molar-refractivity contribution in [3.05, 3.63) is 55.7 Å². The first-order chi connectivity index (χ1) is 13.8. The van der Waals surface area contributed by atoms with Gasteiger partial charge in [-0.1, -0.05) is 29.3 Å². The van der Waals surface area contributed by atoms with Crippen LogP contribution in [0.3, 0.4) is 0 Å². The van der Waals surface area contributed by atoms with E-state index < -0.39 is 17.7 Å². The molecule has 1 N–H and O–H groups in total. The molecular formula is C20H20Cl2N2O4S. The Morgan fingerprint density at radius 3 is 2.62 bits per heavy atom. The first-order valence-corrected chi connectivity index (χ1v) is 10.4. The van der Waals surface area contributed by atoms with E-state index in [1.165, 1.54) is 35.5 Å². The fraction of sp³-hybridized carbons (Fsp3) is 0.300. The topological polar surface area (TPSA) is 70.1 Å². The molecule has 1 amide bonds. The number of amides is 1. The van der Waals surface area contributed by atoms with Crippen LogP contribution in [0, 0.1) is 0 Å². The standard InChI is InChI=1S/C20H20Cl2N2O4S/c1-23(2)6-7-24-16(14-5-4-8-29-14)15(18(26)20(24)27)17(25)12-9-11(21)10-13(22)19(12)28-3/h4-5,8-10,16,25H,6-7H2,1-3H3/b17-15-. The number of halogens is 2. The van der Waals surface area contributed by atoms with Gasteiger partial charge in [-0.15, -0.1) is 11.3 Å². The highest BCUT2D eigenvalue weighted by atomic mass is 35.5. The largest absolute Gasteiger partial charge is 0.507 e. The van der Waals surface area contributed by atoms with Gasteiger partial charge in [0.25, 0.3) is 11.7 Å². The second-order valence-corrected chi connectivity index (χ2v) is 8.60. The van der Waals surface area contributed by atoms with Crippen molar-refractivity contribution in [1.82, 2.24) is 9.80 Å². The molecule has 1 unspecified atom stereocenters. The highest BCUT2D eigenvalue weighted by Crippen LogP contribution is 2.44. The average molecular weight is 455 g/mol. The number of likely N-dealkylation sites (tertiary alicyclic amines) is 1. The number of ketones is 1. The zero-order chi connectivity index (χ0) is 21.3. The number of nitrogens with zero attached hydrogens (tertiary/aromatic N) is 2. The number of ether oxygens (including phenoxy) is 1.